The predicted molar refractivity (Wildman–Crippen MR) is 150 cm³/mol. The maximum atomic E-state index is 4.24. The van der Waals surface area contributed by atoms with Crippen LogP contribution in [0.3, 0.4) is 0 Å². The molecule has 0 spiro atoms. The average molecular weight is 458 g/mol. The van der Waals surface area contributed by atoms with E-state index in [1.54, 1.807) is 0 Å². The Morgan fingerprint density at radius 1 is 0.971 bits per heavy atom. The first-order chi connectivity index (χ1) is 16.3. The Kier molecular flexibility index (Phi) is 9.18. The van der Waals surface area contributed by atoms with Gasteiger partial charge in [-0.3, -0.25) is 0 Å². The first-order valence-electron chi connectivity index (χ1n) is 12.8. The van der Waals surface area contributed by atoms with E-state index in [4.69, 9.17) is 0 Å². The summed E-state index contributed by atoms with van der Waals surface area (Å²) in [6, 6.07) is 15.7. The van der Waals surface area contributed by atoms with Gasteiger partial charge in [0.1, 0.15) is 0 Å². The Balaban J connectivity index is 0.000000343. The zero-order valence-corrected chi connectivity index (χ0v) is 21.8. The third kappa shape index (κ3) is 6.42. The van der Waals surface area contributed by atoms with E-state index in [0.717, 1.165) is 47.5 Å². The van der Waals surface area contributed by atoms with E-state index < -0.39 is 0 Å². The molecule has 0 amide bonds. The van der Waals surface area contributed by atoms with E-state index in [1.807, 2.05) is 0 Å². The van der Waals surface area contributed by atoms with Crippen LogP contribution in [0, 0.1) is 13.8 Å². The van der Waals surface area contributed by atoms with Crippen molar-refractivity contribution in [2.24, 2.45) is 0 Å². The molecular weight excluding hydrogens is 414 g/mol. The lowest BCUT2D eigenvalue weighted by molar-refractivity contribution is 0.159. The van der Waals surface area contributed by atoms with Crippen LogP contribution in [0.1, 0.15) is 56.2 Å². The van der Waals surface area contributed by atoms with Crippen molar-refractivity contribution >= 4 is 29.6 Å². The van der Waals surface area contributed by atoms with Gasteiger partial charge in [0.2, 0.25) is 0 Å². The Bertz CT molecular complexity index is 1170. The maximum Gasteiger partial charge on any atom is 0.0418 e. The summed E-state index contributed by atoms with van der Waals surface area (Å²) in [7, 11) is 0. The highest BCUT2D eigenvalue weighted by molar-refractivity contribution is 5.86. The van der Waals surface area contributed by atoms with Gasteiger partial charge >= 0.3 is 0 Å². The topological polar surface area (TPSA) is 20.2 Å². The number of piperidine rings is 1. The number of likely N-dealkylation sites (tertiary alicyclic amines) is 1. The molecule has 1 N–H and O–H groups in total. The lowest BCUT2D eigenvalue weighted by Gasteiger charge is -2.33. The molecule has 1 fully saturated rings. The number of rotatable bonds is 7. The molecule has 182 valence electrons. The molecule has 3 aromatic rings. The Labute approximate surface area is 206 Å². The minimum Gasteiger partial charge on any atom is -0.385 e. The molecule has 34 heavy (non-hydrogen) atoms. The van der Waals surface area contributed by atoms with Crippen molar-refractivity contribution in [3.05, 3.63) is 76.4 Å². The molecule has 1 atom stereocenters. The van der Waals surface area contributed by atoms with Crippen molar-refractivity contribution in [1.29, 1.82) is 0 Å². The Morgan fingerprint density at radius 3 is 2.24 bits per heavy atom. The quantitative estimate of drug-likeness (QED) is 0.465. The van der Waals surface area contributed by atoms with Crippen LogP contribution in [0.2, 0.25) is 0 Å². The third-order valence-electron chi connectivity index (χ3n) is 7.08. The van der Waals surface area contributed by atoms with Gasteiger partial charge in [-0.1, -0.05) is 73.7 Å². The van der Waals surface area contributed by atoms with Gasteiger partial charge in [-0.15, -0.1) is 0 Å². The second-order valence-electron chi connectivity index (χ2n) is 9.69. The molecule has 1 aliphatic rings. The molecular formula is C31H43N3. The molecule has 0 aliphatic carbocycles. The number of nitrogens with one attached hydrogen (secondary N) is 1. The molecule has 0 radical (unpaired) electrons. The van der Waals surface area contributed by atoms with E-state index >= 15 is 0 Å². The van der Waals surface area contributed by atoms with Gasteiger partial charge in [-0.05, 0) is 65.1 Å². The fraction of sp³-hybridized carbons (Fsp3) is 0.419. The molecule has 1 saturated heterocycles. The standard InChI is InChI=1S/C23H33N3.C8H10/c1-6-26-19(4)22-12-11-21(16-23(22)20(26)5)18(3)24-13-9-15-25-14-8-7-10-17(25)2;1-7-3-5-8(2)6-4-7/h11-12,16-17,24H,3-10,13-15H2,1-2H3;3-6H,1-2H3. The van der Waals surface area contributed by atoms with Gasteiger partial charge in [0.05, 0.1) is 0 Å². The van der Waals surface area contributed by atoms with E-state index in [0.29, 0.717) is 0 Å². The second-order valence-corrected chi connectivity index (χ2v) is 9.69. The zero-order valence-electron chi connectivity index (χ0n) is 21.8. The molecule has 2 aromatic carbocycles. The number of benzene rings is 2. The maximum absolute atomic E-state index is 4.24. The van der Waals surface area contributed by atoms with Gasteiger partial charge in [0, 0.05) is 52.8 Å². The monoisotopic (exact) mass is 457 g/mol. The largest absolute Gasteiger partial charge is 0.385 e. The number of nitrogens with zero attached hydrogens (tertiary/aromatic N) is 2. The van der Waals surface area contributed by atoms with E-state index in [9.17, 15) is 0 Å². The molecule has 0 bridgehead atoms. The van der Waals surface area contributed by atoms with Crippen LogP contribution < -0.4 is 16.0 Å². The number of hydrogen-bond acceptors (Lipinski definition) is 2. The SMILES string of the molecule is C=C(NCCCN1CCCCC1C)c1ccc2c(=C)n(CC)c(=C)c2c1.Cc1ccc(C)cc1. The zero-order chi connectivity index (χ0) is 24.7. The summed E-state index contributed by atoms with van der Waals surface area (Å²) < 4.78 is 2.17. The molecule has 2 heterocycles. The average Bonchev–Trinajstić information content (AvgIpc) is 3.08. The van der Waals surface area contributed by atoms with Crippen LogP contribution >= 0.6 is 0 Å². The van der Waals surface area contributed by atoms with Crippen molar-refractivity contribution in [3.63, 3.8) is 0 Å². The summed E-state index contributed by atoms with van der Waals surface area (Å²) in [6.45, 7) is 25.7. The van der Waals surface area contributed by atoms with E-state index in [-0.39, 0.29) is 0 Å². The molecule has 3 nitrogen and oxygen atoms in total. The minimum absolute atomic E-state index is 0.740. The third-order valence-corrected chi connectivity index (χ3v) is 7.08. The Morgan fingerprint density at radius 2 is 1.62 bits per heavy atom. The first-order valence-corrected chi connectivity index (χ1v) is 12.8. The Hall–Kier alpha value is -2.78. The summed E-state index contributed by atoms with van der Waals surface area (Å²) in [5, 5.41) is 7.97. The van der Waals surface area contributed by atoms with Crippen molar-refractivity contribution in [2.75, 3.05) is 19.6 Å². The van der Waals surface area contributed by atoms with Crippen molar-refractivity contribution in [3.8, 4) is 0 Å². The molecule has 1 aliphatic heterocycles. The van der Waals surface area contributed by atoms with Crippen LogP contribution in [0.5, 0.6) is 0 Å². The molecule has 4 rings (SSSR count). The van der Waals surface area contributed by atoms with E-state index in [2.05, 4.69) is 105 Å². The number of aromatic nitrogens is 1. The predicted octanol–water partition coefficient (Wildman–Crippen LogP) is 5.61. The van der Waals surface area contributed by atoms with Crippen LogP contribution in [0.4, 0.5) is 0 Å². The number of hydrogen-bond donors (Lipinski definition) is 1. The van der Waals surface area contributed by atoms with Crippen molar-refractivity contribution < 1.29 is 0 Å². The summed E-state index contributed by atoms with van der Waals surface area (Å²) >= 11 is 0. The van der Waals surface area contributed by atoms with Gasteiger partial charge in [-0.25, -0.2) is 0 Å². The van der Waals surface area contributed by atoms with Crippen LogP contribution in [0.15, 0.2) is 49.0 Å². The lowest BCUT2D eigenvalue weighted by Crippen LogP contribution is -2.38. The first kappa shape index (κ1) is 25.8. The summed E-state index contributed by atoms with van der Waals surface area (Å²) in [5.41, 5.74) is 4.79. The summed E-state index contributed by atoms with van der Waals surface area (Å²) in [5.74, 6) is 0. The highest BCUT2D eigenvalue weighted by Crippen LogP contribution is 2.17. The van der Waals surface area contributed by atoms with Crippen LogP contribution in [-0.4, -0.2) is 35.1 Å². The number of fused-ring (bicyclic) bond motifs is 1. The van der Waals surface area contributed by atoms with Crippen LogP contribution in [-0.2, 0) is 6.54 Å². The summed E-state index contributed by atoms with van der Waals surface area (Å²) in [6.07, 6.45) is 5.24. The fourth-order valence-corrected chi connectivity index (χ4v) is 4.81. The fourth-order valence-electron chi connectivity index (χ4n) is 4.81. The normalized spacial score (nSPS) is 16.2. The highest BCUT2D eigenvalue weighted by atomic mass is 15.2. The van der Waals surface area contributed by atoms with Gasteiger partial charge in [0.25, 0.3) is 0 Å². The van der Waals surface area contributed by atoms with Gasteiger partial charge in [0.15, 0.2) is 0 Å². The smallest absolute Gasteiger partial charge is 0.0418 e. The van der Waals surface area contributed by atoms with Gasteiger partial charge < -0.3 is 14.8 Å². The van der Waals surface area contributed by atoms with Crippen LogP contribution in [0.25, 0.3) is 29.6 Å². The second kappa shape index (κ2) is 12.1. The van der Waals surface area contributed by atoms with E-state index in [1.165, 1.54) is 54.3 Å². The molecule has 1 aromatic heterocycles. The minimum atomic E-state index is 0.740. The number of aryl methyl sites for hydroxylation is 2. The lowest BCUT2D eigenvalue weighted by atomic mass is 10.0. The summed E-state index contributed by atoms with van der Waals surface area (Å²) in [4.78, 5) is 2.62. The van der Waals surface area contributed by atoms with Gasteiger partial charge in [-0.2, -0.15) is 0 Å². The molecule has 3 heteroatoms. The molecule has 1 unspecified atom stereocenters. The highest BCUT2D eigenvalue weighted by Gasteiger charge is 2.17. The van der Waals surface area contributed by atoms with Crippen molar-refractivity contribution in [1.82, 2.24) is 14.8 Å². The molecule has 0 saturated carbocycles. The van der Waals surface area contributed by atoms with Crippen molar-refractivity contribution in [2.45, 2.75) is 66.0 Å².